The van der Waals surface area contributed by atoms with E-state index in [1.165, 1.54) is 64.2 Å². The molecule has 2 N–H and O–H groups in total. The Morgan fingerprint density at radius 3 is 1.69 bits per heavy atom. The number of hydrogen-bond acceptors (Lipinski definition) is 2. The third-order valence-corrected chi connectivity index (χ3v) is 4.26. The Bertz CT molecular complexity index is 402. The Labute approximate surface area is 160 Å². The molecule has 0 aromatic heterocycles. The van der Waals surface area contributed by atoms with Crippen LogP contribution < -0.4 is 5.32 Å². The first-order valence-corrected chi connectivity index (χ1v) is 10.4. The highest BCUT2D eigenvalue weighted by Crippen LogP contribution is 2.09. The number of carboxylic acids is 1. The molecule has 0 aliphatic rings. The monoisotopic (exact) mass is 365 g/mol. The number of carbonyl (C=O) groups is 2. The summed E-state index contributed by atoms with van der Waals surface area (Å²) in [6.07, 6.45) is 25.1. The standard InChI is InChI=1S/C22H39NO3/c1-2-3-4-5-6-7-8-9-10-11-12-13-14-15-16-17-18-19-21(24)23-20-22(25)26/h6-7,15-16H,2-5,8-14,17-20H2,1H3,(H,23,24)(H,25,26)/b7-6-,16-15-. The van der Waals surface area contributed by atoms with Crippen LogP contribution in [0.3, 0.4) is 0 Å². The van der Waals surface area contributed by atoms with Gasteiger partial charge in [-0.05, 0) is 51.4 Å². The van der Waals surface area contributed by atoms with E-state index in [0.717, 1.165) is 19.3 Å². The highest BCUT2D eigenvalue weighted by atomic mass is 16.4. The minimum Gasteiger partial charge on any atom is -0.480 e. The van der Waals surface area contributed by atoms with Crippen molar-refractivity contribution in [1.29, 1.82) is 0 Å². The molecule has 0 saturated heterocycles. The molecule has 0 unspecified atom stereocenters. The summed E-state index contributed by atoms with van der Waals surface area (Å²) >= 11 is 0. The zero-order valence-corrected chi connectivity index (χ0v) is 16.7. The van der Waals surface area contributed by atoms with Gasteiger partial charge >= 0.3 is 5.97 Å². The molecular weight excluding hydrogens is 326 g/mol. The van der Waals surface area contributed by atoms with Gasteiger partial charge in [-0.25, -0.2) is 0 Å². The van der Waals surface area contributed by atoms with E-state index >= 15 is 0 Å². The Morgan fingerprint density at radius 1 is 0.731 bits per heavy atom. The van der Waals surface area contributed by atoms with Crippen molar-refractivity contribution in [2.45, 2.75) is 96.8 Å². The molecule has 26 heavy (non-hydrogen) atoms. The van der Waals surface area contributed by atoms with E-state index in [9.17, 15) is 9.59 Å². The molecule has 4 heteroatoms. The summed E-state index contributed by atoms with van der Waals surface area (Å²) in [7, 11) is 0. The number of unbranched alkanes of at least 4 members (excludes halogenated alkanes) is 10. The first-order valence-electron chi connectivity index (χ1n) is 10.4. The number of hydrogen-bond donors (Lipinski definition) is 2. The van der Waals surface area contributed by atoms with Gasteiger partial charge in [0.15, 0.2) is 0 Å². The van der Waals surface area contributed by atoms with E-state index < -0.39 is 5.97 Å². The third kappa shape index (κ3) is 20.5. The van der Waals surface area contributed by atoms with Gasteiger partial charge < -0.3 is 10.4 Å². The van der Waals surface area contributed by atoms with E-state index in [2.05, 4.69) is 36.5 Å². The van der Waals surface area contributed by atoms with Gasteiger partial charge in [0.2, 0.25) is 5.91 Å². The molecule has 0 fully saturated rings. The molecular formula is C22H39NO3. The van der Waals surface area contributed by atoms with Gasteiger partial charge in [-0.1, -0.05) is 63.3 Å². The van der Waals surface area contributed by atoms with Gasteiger partial charge in [0, 0.05) is 6.42 Å². The molecule has 150 valence electrons. The average molecular weight is 366 g/mol. The van der Waals surface area contributed by atoms with Crippen LogP contribution in [0.25, 0.3) is 0 Å². The Kier molecular flexibility index (Phi) is 18.5. The molecule has 0 aliphatic carbocycles. The highest BCUT2D eigenvalue weighted by molar-refractivity contribution is 5.80. The predicted octanol–water partition coefficient (Wildman–Crippen LogP) is 5.78. The van der Waals surface area contributed by atoms with Crippen molar-refractivity contribution < 1.29 is 14.7 Å². The molecule has 0 aromatic rings. The van der Waals surface area contributed by atoms with Crippen molar-refractivity contribution in [2.24, 2.45) is 0 Å². The number of aliphatic carboxylic acids is 1. The van der Waals surface area contributed by atoms with Crippen LogP contribution in [0.15, 0.2) is 24.3 Å². The SMILES string of the molecule is CCCCC/C=C\CCCCCCC/C=C\CCCC(=O)NCC(=O)O. The Morgan fingerprint density at radius 2 is 1.19 bits per heavy atom. The minimum atomic E-state index is -1.00. The van der Waals surface area contributed by atoms with Gasteiger partial charge in [-0.2, -0.15) is 0 Å². The quantitative estimate of drug-likeness (QED) is 0.239. The molecule has 0 atom stereocenters. The maximum Gasteiger partial charge on any atom is 0.322 e. The van der Waals surface area contributed by atoms with E-state index in [1.54, 1.807) is 0 Å². The number of allylic oxidation sites excluding steroid dienone is 4. The first-order chi connectivity index (χ1) is 12.7. The molecule has 0 saturated carbocycles. The van der Waals surface area contributed by atoms with Gasteiger partial charge in [-0.15, -0.1) is 0 Å². The summed E-state index contributed by atoms with van der Waals surface area (Å²) in [6.45, 7) is 1.96. The number of nitrogens with one attached hydrogen (secondary N) is 1. The number of carbonyl (C=O) groups excluding carboxylic acids is 1. The highest BCUT2D eigenvalue weighted by Gasteiger charge is 2.02. The molecule has 0 aliphatic heterocycles. The van der Waals surface area contributed by atoms with Crippen LogP contribution in [0.5, 0.6) is 0 Å². The van der Waals surface area contributed by atoms with Crippen LogP contribution in [0, 0.1) is 0 Å². The normalized spacial score (nSPS) is 11.4. The molecule has 1 amide bonds. The molecule has 0 radical (unpaired) electrons. The van der Waals surface area contributed by atoms with E-state index in [1.807, 2.05) is 0 Å². The molecule has 0 rings (SSSR count). The van der Waals surface area contributed by atoms with Gasteiger partial charge in [0.25, 0.3) is 0 Å². The van der Waals surface area contributed by atoms with Crippen LogP contribution >= 0.6 is 0 Å². The summed E-state index contributed by atoms with van der Waals surface area (Å²) in [5, 5.41) is 10.8. The summed E-state index contributed by atoms with van der Waals surface area (Å²) in [6, 6.07) is 0. The Hall–Kier alpha value is -1.58. The van der Waals surface area contributed by atoms with Crippen molar-refractivity contribution in [2.75, 3.05) is 6.54 Å². The van der Waals surface area contributed by atoms with Crippen molar-refractivity contribution in [3.63, 3.8) is 0 Å². The largest absolute Gasteiger partial charge is 0.480 e. The molecule has 4 nitrogen and oxygen atoms in total. The first kappa shape index (κ1) is 24.4. The second-order valence-electron chi connectivity index (χ2n) is 6.85. The molecule has 0 spiro atoms. The van der Waals surface area contributed by atoms with Gasteiger partial charge in [0.1, 0.15) is 6.54 Å². The fourth-order valence-corrected chi connectivity index (χ4v) is 2.68. The van der Waals surface area contributed by atoms with Crippen molar-refractivity contribution >= 4 is 11.9 Å². The average Bonchev–Trinajstić information content (AvgIpc) is 2.62. The lowest BCUT2D eigenvalue weighted by molar-refractivity contribution is -0.137. The van der Waals surface area contributed by atoms with E-state index in [-0.39, 0.29) is 12.5 Å². The maximum atomic E-state index is 11.3. The fourth-order valence-electron chi connectivity index (χ4n) is 2.68. The molecule has 0 heterocycles. The minimum absolute atomic E-state index is 0.184. The van der Waals surface area contributed by atoms with E-state index in [4.69, 9.17) is 5.11 Å². The third-order valence-electron chi connectivity index (χ3n) is 4.26. The zero-order valence-electron chi connectivity index (χ0n) is 16.7. The summed E-state index contributed by atoms with van der Waals surface area (Å²) in [5.74, 6) is -1.19. The zero-order chi connectivity index (χ0) is 19.3. The Balaban J connectivity index is 3.26. The molecule has 0 aromatic carbocycles. The van der Waals surface area contributed by atoms with Crippen LogP contribution in [0.4, 0.5) is 0 Å². The lowest BCUT2D eigenvalue weighted by Gasteiger charge is -2.00. The van der Waals surface area contributed by atoms with Crippen molar-refractivity contribution in [3.8, 4) is 0 Å². The second-order valence-corrected chi connectivity index (χ2v) is 6.85. The maximum absolute atomic E-state index is 11.3. The topological polar surface area (TPSA) is 66.4 Å². The number of amides is 1. The number of rotatable bonds is 18. The lowest BCUT2D eigenvalue weighted by atomic mass is 10.1. The van der Waals surface area contributed by atoms with Crippen molar-refractivity contribution in [1.82, 2.24) is 5.32 Å². The van der Waals surface area contributed by atoms with Crippen LogP contribution in [0.2, 0.25) is 0 Å². The second kappa shape index (κ2) is 19.7. The summed E-state index contributed by atoms with van der Waals surface area (Å²) in [5.41, 5.74) is 0. The van der Waals surface area contributed by atoms with Crippen LogP contribution in [-0.2, 0) is 9.59 Å². The fraction of sp³-hybridized carbons (Fsp3) is 0.727. The van der Waals surface area contributed by atoms with Crippen LogP contribution in [0.1, 0.15) is 96.8 Å². The van der Waals surface area contributed by atoms with E-state index in [0.29, 0.717) is 6.42 Å². The summed E-state index contributed by atoms with van der Waals surface area (Å²) < 4.78 is 0. The smallest absolute Gasteiger partial charge is 0.322 e. The van der Waals surface area contributed by atoms with Crippen molar-refractivity contribution in [3.05, 3.63) is 24.3 Å². The summed E-state index contributed by atoms with van der Waals surface area (Å²) in [4.78, 5) is 21.6. The molecule has 0 bridgehead atoms. The predicted molar refractivity (Wildman–Crippen MR) is 109 cm³/mol. The lowest BCUT2D eigenvalue weighted by Crippen LogP contribution is -2.28. The number of carboxylic acid groups (broad SMARTS) is 1. The van der Waals surface area contributed by atoms with Gasteiger partial charge in [-0.3, -0.25) is 9.59 Å². The van der Waals surface area contributed by atoms with Crippen LogP contribution in [-0.4, -0.2) is 23.5 Å². The van der Waals surface area contributed by atoms with Gasteiger partial charge in [0.05, 0.1) is 0 Å².